The van der Waals surface area contributed by atoms with E-state index in [2.05, 4.69) is 5.10 Å². The molecule has 1 N–H and O–H groups in total. The van der Waals surface area contributed by atoms with E-state index in [4.69, 9.17) is 5.11 Å². The summed E-state index contributed by atoms with van der Waals surface area (Å²) in [6.45, 7) is 2.57. The van der Waals surface area contributed by atoms with Gasteiger partial charge in [-0.3, -0.25) is 9.48 Å². The quantitative estimate of drug-likeness (QED) is 0.789. The van der Waals surface area contributed by atoms with Crippen molar-refractivity contribution in [3.05, 3.63) is 18.0 Å². The van der Waals surface area contributed by atoms with E-state index in [0.717, 1.165) is 18.2 Å². The number of carboxylic acid groups (broad SMARTS) is 1. The van der Waals surface area contributed by atoms with E-state index < -0.39 is 11.9 Å². The van der Waals surface area contributed by atoms with Crippen LogP contribution < -0.4 is 0 Å². The fourth-order valence-electron chi connectivity index (χ4n) is 1.53. The summed E-state index contributed by atoms with van der Waals surface area (Å²) in [5.41, 5.74) is 0.810. The summed E-state index contributed by atoms with van der Waals surface area (Å²) in [6.07, 6.45) is 4.18. The molecular formula is C10H14N2O2. The van der Waals surface area contributed by atoms with Crippen molar-refractivity contribution in [2.24, 2.45) is 5.92 Å². The van der Waals surface area contributed by atoms with Gasteiger partial charge < -0.3 is 5.11 Å². The zero-order valence-corrected chi connectivity index (χ0v) is 8.18. The van der Waals surface area contributed by atoms with E-state index in [1.807, 2.05) is 4.68 Å². The van der Waals surface area contributed by atoms with Crippen molar-refractivity contribution >= 4 is 5.97 Å². The molecule has 1 aromatic heterocycles. The van der Waals surface area contributed by atoms with Crippen LogP contribution in [0.1, 0.15) is 31.4 Å². The summed E-state index contributed by atoms with van der Waals surface area (Å²) in [5, 5.41) is 13.0. The molecule has 0 saturated heterocycles. The Bertz CT molecular complexity index is 342. The Morgan fingerprint density at radius 2 is 2.50 bits per heavy atom. The summed E-state index contributed by atoms with van der Waals surface area (Å²) in [4.78, 5) is 10.8. The fourth-order valence-corrected chi connectivity index (χ4v) is 1.53. The largest absolute Gasteiger partial charge is 0.481 e. The van der Waals surface area contributed by atoms with Crippen LogP contribution in [0.15, 0.2) is 12.3 Å². The Hall–Kier alpha value is -1.32. The first-order valence-electron chi connectivity index (χ1n) is 4.93. The highest BCUT2D eigenvalue weighted by molar-refractivity contribution is 5.74. The van der Waals surface area contributed by atoms with Crippen molar-refractivity contribution in [2.75, 3.05) is 0 Å². The molecule has 1 heterocycles. The van der Waals surface area contributed by atoms with Crippen molar-refractivity contribution in [3.8, 4) is 0 Å². The van der Waals surface area contributed by atoms with E-state index in [0.29, 0.717) is 0 Å². The van der Waals surface area contributed by atoms with E-state index in [-0.39, 0.29) is 0 Å². The van der Waals surface area contributed by atoms with Crippen LogP contribution in [0, 0.1) is 5.92 Å². The van der Waals surface area contributed by atoms with Gasteiger partial charge in [0.15, 0.2) is 0 Å². The van der Waals surface area contributed by atoms with Crippen LogP contribution in [0.2, 0.25) is 0 Å². The molecule has 1 unspecified atom stereocenters. The predicted molar refractivity (Wildman–Crippen MR) is 51.0 cm³/mol. The van der Waals surface area contributed by atoms with Crippen molar-refractivity contribution in [2.45, 2.75) is 32.2 Å². The molecule has 0 spiro atoms. The molecule has 0 aromatic carbocycles. The number of rotatable bonds is 4. The number of carboxylic acids is 1. The van der Waals surface area contributed by atoms with Crippen molar-refractivity contribution in [3.63, 3.8) is 0 Å². The molecule has 0 bridgehead atoms. The van der Waals surface area contributed by atoms with E-state index in [9.17, 15) is 4.79 Å². The fraction of sp³-hybridized carbons (Fsp3) is 0.600. The van der Waals surface area contributed by atoms with Gasteiger partial charge in [0, 0.05) is 12.7 Å². The topological polar surface area (TPSA) is 55.1 Å². The normalized spacial score (nSPS) is 18.1. The second-order valence-corrected chi connectivity index (χ2v) is 3.94. The van der Waals surface area contributed by atoms with Crippen molar-refractivity contribution in [1.29, 1.82) is 0 Å². The summed E-state index contributed by atoms with van der Waals surface area (Å²) in [5.74, 6) is -0.534. The minimum Gasteiger partial charge on any atom is -0.481 e. The van der Waals surface area contributed by atoms with E-state index in [1.165, 1.54) is 12.8 Å². The average molecular weight is 194 g/mol. The first-order chi connectivity index (χ1) is 6.68. The smallest absolute Gasteiger partial charge is 0.312 e. The van der Waals surface area contributed by atoms with Crippen molar-refractivity contribution in [1.82, 2.24) is 9.78 Å². The lowest BCUT2D eigenvalue weighted by Crippen LogP contribution is -2.14. The highest BCUT2D eigenvalue weighted by Gasteiger charge is 2.25. The number of nitrogens with zero attached hydrogens (tertiary/aromatic N) is 2. The molecule has 0 amide bonds. The summed E-state index contributed by atoms with van der Waals surface area (Å²) in [6, 6.07) is 1.79. The van der Waals surface area contributed by atoms with Crippen LogP contribution in [0.25, 0.3) is 0 Å². The maximum absolute atomic E-state index is 10.8. The second-order valence-electron chi connectivity index (χ2n) is 3.94. The number of hydrogen-bond acceptors (Lipinski definition) is 2. The SMILES string of the molecule is CC(C(=O)O)c1ccnn1CC1CC1. The first-order valence-corrected chi connectivity index (χ1v) is 4.93. The first kappa shape index (κ1) is 9.24. The second kappa shape index (κ2) is 3.44. The van der Waals surface area contributed by atoms with E-state index in [1.54, 1.807) is 19.2 Å². The number of carbonyl (C=O) groups is 1. The van der Waals surface area contributed by atoms with Crippen molar-refractivity contribution < 1.29 is 9.90 Å². The average Bonchev–Trinajstić information content (AvgIpc) is 2.82. The highest BCUT2D eigenvalue weighted by atomic mass is 16.4. The van der Waals surface area contributed by atoms with Crippen LogP contribution >= 0.6 is 0 Å². The lowest BCUT2D eigenvalue weighted by molar-refractivity contribution is -0.138. The number of hydrogen-bond donors (Lipinski definition) is 1. The van der Waals surface area contributed by atoms with Gasteiger partial charge in [0.25, 0.3) is 0 Å². The number of aliphatic carboxylic acids is 1. The maximum atomic E-state index is 10.8. The van der Waals surface area contributed by atoms with Gasteiger partial charge in [0.2, 0.25) is 0 Å². The van der Waals surface area contributed by atoms with Crippen LogP contribution in [-0.2, 0) is 11.3 Å². The monoisotopic (exact) mass is 194 g/mol. The van der Waals surface area contributed by atoms with Gasteiger partial charge in [-0.2, -0.15) is 5.10 Å². The minimum atomic E-state index is -0.789. The summed E-state index contributed by atoms with van der Waals surface area (Å²) < 4.78 is 1.83. The van der Waals surface area contributed by atoms with Crippen LogP contribution in [0.3, 0.4) is 0 Å². The molecule has 1 saturated carbocycles. The molecule has 1 aromatic rings. The summed E-state index contributed by atoms with van der Waals surface area (Å²) in [7, 11) is 0. The van der Waals surface area contributed by atoms with Crippen LogP contribution in [0.4, 0.5) is 0 Å². The molecule has 1 aliphatic rings. The Morgan fingerprint density at radius 3 is 3.07 bits per heavy atom. The third-order valence-corrected chi connectivity index (χ3v) is 2.69. The zero-order valence-electron chi connectivity index (χ0n) is 8.18. The maximum Gasteiger partial charge on any atom is 0.312 e. The van der Waals surface area contributed by atoms with Gasteiger partial charge in [-0.05, 0) is 31.7 Å². The van der Waals surface area contributed by atoms with E-state index >= 15 is 0 Å². The molecule has 14 heavy (non-hydrogen) atoms. The third-order valence-electron chi connectivity index (χ3n) is 2.69. The van der Waals surface area contributed by atoms with Gasteiger partial charge >= 0.3 is 5.97 Å². The highest BCUT2D eigenvalue weighted by Crippen LogP contribution is 2.31. The lowest BCUT2D eigenvalue weighted by atomic mass is 10.1. The van der Waals surface area contributed by atoms with Gasteiger partial charge in [0.05, 0.1) is 11.6 Å². The molecule has 4 heteroatoms. The van der Waals surface area contributed by atoms with Gasteiger partial charge in [-0.1, -0.05) is 0 Å². The minimum absolute atomic E-state index is 0.462. The molecule has 76 valence electrons. The van der Waals surface area contributed by atoms with Gasteiger partial charge in [-0.15, -0.1) is 0 Å². The zero-order chi connectivity index (χ0) is 10.1. The predicted octanol–water partition coefficient (Wildman–Crippen LogP) is 1.48. The Labute approximate surface area is 82.5 Å². The molecular weight excluding hydrogens is 180 g/mol. The van der Waals surface area contributed by atoms with Crippen LogP contribution in [-0.4, -0.2) is 20.9 Å². The molecule has 2 rings (SSSR count). The Kier molecular flexibility index (Phi) is 2.27. The molecule has 4 nitrogen and oxygen atoms in total. The molecule has 1 atom stereocenters. The summed E-state index contributed by atoms with van der Waals surface area (Å²) >= 11 is 0. The molecule has 1 aliphatic carbocycles. The third kappa shape index (κ3) is 1.78. The Morgan fingerprint density at radius 1 is 1.79 bits per heavy atom. The number of aromatic nitrogens is 2. The molecule has 1 fully saturated rings. The molecule has 0 radical (unpaired) electrons. The van der Waals surface area contributed by atoms with Gasteiger partial charge in [-0.25, -0.2) is 0 Å². The lowest BCUT2D eigenvalue weighted by Gasteiger charge is -2.09. The van der Waals surface area contributed by atoms with Gasteiger partial charge in [0.1, 0.15) is 0 Å². The Balaban J connectivity index is 2.14. The van der Waals surface area contributed by atoms with Crippen LogP contribution in [0.5, 0.6) is 0 Å². The molecule has 0 aliphatic heterocycles. The standard InChI is InChI=1S/C10H14N2O2/c1-7(10(13)14)9-4-5-11-12(9)6-8-2-3-8/h4-5,7-8H,2-3,6H2,1H3,(H,13,14).